The van der Waals surface area contributed by atoms with Gasteiger partial charge in [-0.25, -0.2) is 9.18 Å². The third kappa shape index (κ3) is 5.51. The fourth-order valence-corrected chi connectivity index (χ4v) is 3.31. The van der Waals surface area contributed by atoms with E-state index >= 15 is 0 Å². The molecule has 3 atom stereocenters. The lowest BCUT2D eigenvalue weighted by molar-refractivity contribution is -0.200. The van der Waals surface area contributed by atoms with Crippen LogP contribution in [0.5, 0.6) is 0 Å². The molecule has 0 spiro atoms. The van der Waals surface area contributed by atoms with E-state index in [0.717, 1.165) is 11.8 Å². The minimum atomic E-state index is -4.71. The number of hydrogen-bond donors (Lipinski definition) is 2. The monoisotopic (exact) mass is 468 g/mol. The smallest absolute Gasteiger partial charge is 0.425 e. The molecule has 1 fully saturated rings. The number of nitriles is 1. The number of hydrogen-bond acceptors (Lipinski definition) is 6. The molecule has 2 heterocycles. The van der Waals surface area contributed by atoms with Crippen molar-refractivity contribution < 1.29 is 31.9 Å². The third-order valence-electron chi connectivity index (χ3n) is 5.19. The summed E-state index contributed by atoms with van der Waals surface area (Å²) in [5.41, 5.74) is 5.81. The van der Waals surface area contributed by atoms with E-state index in [1.54, 1.807) is 0 Å². The third-order valence-corrected chi connectivity index (χ3v) is 5.19. The molecule has 13 heteroatoms. The predicted octanol–water partition coefficient (Wildman–Crippen LogP) is 3.34. The summed E-state index contributed by atoms with van der Waals surface area (Å²) in [5.74, 6) is -1.90. The van der Waals surface area contributed by atoms with Crippen LogP contribution in [0.25, 0.3) is 0 Å². The molecule has 0 aliphatic carbocycles. The Labute approximate surface area is 185 Å². The van der Waals surface area contributed by atoms with E-state index in [9.17, 15) is 32.4 Å². The van der Waals surface area contributed by atoms with Crippen LogP contribution in [-0.2, 0) is 4.74 Å². The van der Waals surface area contributed by atoms with Gasteiger partial charge in [0.05, 0.1) is 18.0 Å². The number of ether oxygens (including phenoxy) is 1. The van der Waals surface area contributed by atoms with Crippen LogP contribution in [0.2, 0.25) is 0 Å². The van der Waals surface area contributed by atoms with Crippen molar-refractivity contribution in [2.24, 2.45) is 11.7 Å². The van der Waals surface area contributed by atoms with Crippen molar-refractivity contribution in [2.45, 2.75) is 31.7 Å². The lowest BCUT2D eigenvalue weighted by Crippen LogP contribution is -2.46. The predicted molar refractivity (Wildman–Crippen MR) is 107 cm³/mol. The van der Waals surface area contributed by atoms with E-state index in [1.165, 1.54) is 35.1 Å². The lowest BCUT2D eigenvalue weighted by Gasteiger charge is -2.35. The SMILES string of the molecule is CC(OC(=O)N1CC[C@@H](C#N)C(n2cc(C(N)=O)c(Nc3ccc(F)cc3)n2)C1)C(F)(F)F. The first-order valence-electron chi connectivity index (χ1n) is 9.83. The normalized spacial score (nSPS) is 19.5. The fraction of sp³-hybridized carbons (Fsp3) is 0.400. The number of piperidine rings is 1. The van der Waals surface area contributed by atoms with Crippen LogP contribution in [0.3, 0.4) is 0 Å². The first-order valence-corrected chi connectivity index (χ1v) is 9.83. The van der Waals surface area contributed by atoms with Gasteiger partial charge in [-0.15, -0.1) is 0 Å². The summed E-state index contributed by atoms with van der Waals surface area (Å²) in [6, 6.07) is 6.53. The Balaban J connectivity index is 1.84. The summed E-state index contributed by atoms with van der Waals surface area (Å²) in [6.07, 6.45) is -6.73. The molecule has 176 valence electrons. The van der Waals surface area contributed by atoms with Crippen LogP contribution in [0.1, 0.15) is 29.7 Å². The quantitative estimate of drug-likeness (QED) is 0.649. The second-order valence-electron chi connectivity index (χ2n) is 7.47. The van der Waals surface area contributed by atoms with Crippen LogP contribution < -0.4 is 11.1 Å². The maximum absolute atomic E-state index is 13.2. The van der Waals surface area contributed by atoms with Gasteiger partial charge < -0.3 is 20.7 Å². The molecule has 3 rings (SSSR count). The number of aromatic nitrogens is 2. The van der Waals surface area contributed by atoms with Crippen molar-refractivity contribution >= 4 is 23.5 Å². The van der Waals surface area contributed by atoms with Gasteiger partial charge in [-0.2, -0.15) is 23.5 Å². The number of nitrogens with two attached hydrogens (primary N) is 1. The number of primary amides is 1. The number of alkyl halides is 3. The van der Waals surface area contributed by atoms with Crippen molar-refractivity contribution in [1.29, 1.82) is 5.26 Å². The van der Waals surface area contributed by atoms with Crippen molar-refractivity contribution in [1.82, 2.24) is 14.7 Å². The van der Waals surface area contributed by atoms with Gasteiger partial charge in [-0.1, -0.05) is 0 Å². The maximum Gasteiger partial charge on any atom is 0.425 e. The van der Waals surface area contributed by atoms with Crippen molar-refractivity contribution in [3.8, 4) is 6.07 Å². The van der Waals surface area contributed by atoms with Gasteiger partial charge in [-0.05, 0) is 37.6 Å². The number of halogens is 4. The molecule has 2 unspecified atom stereocenters. The molecule has 0 bridgehead atoms. The van der Waals surface area contributed by atoms with Crippen molar-refractivity contribution in [2.75, 3.05) is 18.4 Å². The molecule has 0 radical (unpaired) electrons. The minimum Gasteiger partial charge on any atom is -0.437 e. The number of benzene rings is 1. The summed E-state index contributed by atoms with van der Waals surface area (Å²) in [6.45, 7) is 0.567. The zero-order valence-corrected chi connectivity index (χ0v) is 17.3. The molecule has 1 aromatic heterocycles. The Bertz CT molecular complexity index is 1060. The highest BCUT2D eigenvalue weighted by atomic mass is 19.4. The molecule has 33 heavy (non-hydrogen) atoms. The van der Waals surface area contributed by atoms with E-state index in [1.807, 2.05) is 0 Å². The highest BCUT2D eigenvalue weighted by Crippen LogP contribution is 2.31. The lowest BCUT2D eigenvalue weighted by atomic mass is 9.93. The van der Waals surface area contributed by atoms with E-state index in [4.69, 9.17) is 5.73 Å². The zero-order valence-electron chi connectivity index (χ0n) is 17.3. The molecule has 3 N–H and O–H groups in total. The minimum absolute atomic E-state index is 0.0166. The second kappa shape index (κ2) is 9.35. The highest BCUT2D eigenvalue weighted by molar-refractivity contribution is 5.98. The van der Waals surface area contributed by atoms with Gasteiger partial charge in [0, 0.05) is 25.0 Å². The number of likely N-dealkylation sites (tertiary alicyclic amines) is 1. The Morgan fingerprint density at radius 3 is 2.58 bits per heavy atom. The van der Waals surface area contributed by atoms with Gasteiger partial charge in [0.2, 0.25) is 0 Å². The van der Waals surface area contributed by atoms with Gasteiger partial charge in [-0.3, -0.25) is 9.48 Å². The van der Waals surface area contributed by atoms with E-state index < -0.39 is 42.1 Å². The first-order chi connectivity index (χ1) is 15.5. The van der Waals surface area contributed by atoms with E-state index in [2.05, 4.69) is 21.2 Å². The van der Waals surface area contributed by atoms with Gasteiger partial charge in [0.15, 0.2) is 11.9 Å². The number of rotatable bonds is 5. The number of carbonyl (C=O) groups is 2. The van der Waals surface area contributed by atoms with Crippen LogP contribution in [0.4, 0.5) is 33.9 Å². The zero-order chi connectivity index (χ0) is 24.3. The van der Waals surface area contributed by atoms with Crippen LogP contribution >= 0.6 is 0 Å². The maximum atomic E-state index is 13.2. The Morgan fingerprint density at radius 2 is 2.00 bits per heavy atom. The summed E-state index contributed by atoms with van der Waals surface area (Å²) in [5, 5.41) is 16.6. The topological polar surface area (TPSA) is 126 Å². The van der Waals surface area contributed by atoms with E-state index in [0.29, 0.717) is 5.69 Å². The average molecular weight is 468 g/mol. The summed E-state index contributed by atoms with van der Waals surface area (Å²) in [4.78, 5) is 25.2. The molecule has 0 saturated carbocycles. The molecule has 9 nitrogen and oxygen atoms in total. The van der Waals surface area contributed by atoms with Crippen LogP contribution in [0.15, 0.2) is 30.5 Å². The van der Waals surface area contributed by atoms with Gasteiger partial charge >= 0.3 is 12.3 Å². The number of nitrogens with one attached hydrogen (secondary N) is 1. The summed E-state index contributed by atoms with van der Waals surface area (Å²) >= 11 is 0. The number of anilines is 2. The molecule has 1 aliphatic heterocycles. The standard InChI is InChI=1S/C20H20F4N6O3/c1-11(20(22,23)24)33-19(32)29-7-6-12(8-25)16(10-29)30-9-15(17(26)31)18(28-30)27-14-4-2-13(21)3-5-14/h2-5,9,11-12,16H,6-7,10H2,1H3,(H2,26,31)(H,27,28)/t11?,12-,16?/m0/s1. The largest absolute Gasteiger partial charge is 0.437 e. The van der Waals surface area contributed by atoms with Gasteiger partial charge in [0.1, 0.15) is 11.4 Å². The molecule has 2 amide bonds. The van der Waals surface area contributed by atoms with Gasteiger partial charge in [0.25, 0.3) is 5.91 Å². The Kier molecular flexibility index (Phi) is 6.75. The molecular weight excluding hydrogens is 448 g/mol. The Morgan fingerprint density at radius 1 is 1.33 bits per heavy atom. The molecular formula is C20H20F4N6O3. The van der Waals surface area contributed by atoms with Crippen molar-refractivity contribution in [3.05, 3.63) is 41.8 Å². The van der Waals surface area contributed by atoms with Crippen LogP contribution in [-0.4, -0.2) is 52.1 Å². The summed E-state index contributed by atoms with van der Waals surface area (Å²) < 4.78 is 57.1. The average Bonchev–Trinajstić information content (AvgIpc) is 3.18. The van der Waals surface area contributed by atoms with E-state index in [-0.39, 0.29) is 30.9 Å². The second-order valence-corrected chi connectivity index (χ2v) is 7.47. The highest BCUT2D eigenvalue weighted by Gasteiger charge is 2.41. The van der Waals surface area contributed by atoms with Crippen LogP contribution in [0, 0.1) is 23.1 Å². The molecule has 2 aromatic rings. The van der Waals surface area contributed by atoms with Crippen molar-refractivity contribution in [3.63, 3.8) is 0 Å². The molecule has 1 aliphatic rings. The first kappa shape index (κ1) is 23.8. The fourth-order valence-electron chi connectivity index (χ4n) is 3.31. The molecule has 1 saturated heterocycles. The Hall–Kier alpha value is -3.82. The summed E-state index contributed by atoms with van der Waals surface area (Å²) in [7, 11) is 0. The number of amides is 2. The molecule has 1 aromatic carbocycles. The number of carbonyl (C=O) groups excluding carboxylic acids is 2. The number of nitrogens with zero attached hydrogens (tertiary/aromatic N) is 4.